The van der Waals surface area contributed by atoms with Crippen LogP contribution in [-0.2, 0) is 4.74 Å². The molecular formula is C24H24N2O5. The fourth-order valence-corrected chi connectivity index (χ4v) is 3.93. The zero-order valence-electron chi connectivity index (χ0n) is 16.7. The average Bonchev–Trinajstić information content (AvgIpc) is 3.11. The summed E-state index contributed by atoms with van der Waals surface area (Å²) in [5.41, 5.74) is 10.5. The summed E-state index contributed by atoms with van der Waals surface area (Å²) < 4.78 is 5.41. The highest BCUT2D eigenvalue weighted by Crippen LogP contribution is 2.44. The first kappa shape index (κ1) is 20.7. The molecule has 0 radical (unpaired) electrons. The number of aromatic hydroxyl groups is 1. The Morgan fingerprint density at radius 2 is 1.61 bits per heavy atom. The van der Waals surface area contributed by atoms with Crippen molar-refractivity contribution in [3.63, 3.8) is 0 Å². The van der Waals surface area contributed by atoms with Crippen molar-refractivity contribution in [3.05, 3.63) is 83.4 Å². The van der Waals surface area contributed by atoms with Gasteiger partial charge < -0.3 is 31.1 Å². The summed E-state index contributed by atoms with van der Waals surface area (Å²) in [5, 5.41) is 32.4. The number of nitrogen functional groups attached to an aromatic ring is 1. The highest BCUT2D eigenvalue weighted by atomic mass is 16.5. The number of benzene rings is 3. The van der Waals surface area contributed by atoms with Gasteiger partial charge in [0.1, 0.15) is 24.6 Å². The molecule has 1 amide bonds. The van der Waals surface area contributed by atoms with Crippen LogP contribution in [0, 0.1) is 0 Å². The van der Waals surface area contributed by atoms with Crippen LogP contribution in [0.5, 0.6) is 5.75 Å². The topological polar surface area (TPSA) is 125 Å². The third-order valence-corrected chi connectivity index (χ3v) is 5.56. The number of nitrogens with one attached hydrogen (secondary N) is 1. The molecule has 0 aliphatic heterocycles. The van der Waals surface area contributed by atoms with E-state index in [0.717, 1.165) is 22.3 Å². The third kappa shape index (κ3) is 4.19. The number of fused-ring (bicyclic) bond motifs is 3. The van der Waals surface area contributed by atoms with Crippen LogP contribution >= 0.6 is 0 Å². The van der Waals surface area contributed by atoms with Crippen molar-refractivity contribution in [2.24, 2.45) is 0 Å². The van der Waals surface area contributed by atoms with E-state index in [4.69, 9.17) is 10.5 Å². The number of amides is 1. The SMILES string of the molecule is Nc1cc(C(O)C(O)CNC(=O)OCC2c3ccccc3-c3ccccc32)ccc1O. The second kappa shape index (κ2) is 8.67. The standard InChI is InChI=1S/C24H24N2O5/c25-20-11-14(9-10-21(20)27)23(29)22(28)12-26-24(30)31-13-19-17-7-3-1-5-15(17)16-6-2-4-8-18(16)19/h1-11,19,22-23,27-29H,12-13,25H2,(H,26,30). The van der Waals surface area contributed by atoms with Gasteiger partial charge in [-0.3, -0.25) is 0 Å². The van der Waals surface area contributed by atoms with E-state index in [1.54, 1.807) is 0 Å². The zero-order chi connectivity index (χ0) is 22.0. The number of ether oxygens (including phenoxy) is 1. The summed E-state index contributed by atoms with van der Waals surface area (Å²) in [6.07, 6.45) is -3.24. The van der Waals surface area contributed by atoms with Crippen LogP contribution < -0.4 is 11.1 Å². The zero-order valence-corrected chi connectivity index (χ0v) is 16.7. The molecule has 0 heterocycles. The first-order valence-electron chi connectivity index (χ1n) is 9.99. The number of hydrogen-bond donors (Lipinski definition) is 5. The van der Waals surface area contributed by atoms with Gasteiger partial charge in [-0.05, 0) is 39.9 Å². The number of nitrogens with two attached hydrogens (primary N) is 1. The Balaban J connectivity index is 1.34. The number of alkyl carbamates (subject to hydrolysis) is 1. The van der Waals surface area contributed by atoms with Gasteiger partial charge in [-0.1, -0.05) is 54.6 Å². The van der Waals surface area contributed by atoms with Gasteiger partial charge in [0, 0.05) is 12.5 Å². The Hall–Kier alpha value is -3.55. The Labute approximate surface area is 179 Å². The van der Waals surface area contributed by atoms with Gasteiger partial charge in [0.05, 0.1) is 5.69 Å². The van der Waals surface area contributed by atoms with E-state index < -0.39 is 18.3 Å². The second-order valence-corrected chi connectivity index (χ2v) is 7.54. The van der Waals surface area contributed by atoms with Crippen molar-refractivity contribution >= 4 is 11.8 Å². The maximum absolute atomic E-state index is 12.2. The molecule has 0 saturated heterocycles. The Morgan fingerprint density at radius 3 is 2.23 bits per heavy atom. The summed E-state index contributed by atoms with van der Waals surface area (Å²) in [6.45, 7) is -0.0500. The van der Waals surface area contributed by atoms with Gasteiger partial charge in [-0.25, -0.2) is 4.79 Å². The molecule has 0 spiro atoms. The molecule has 2 unspecified atom stereocenters. The lowest BCUT2D eigenvalue weighted by Crippen LogP contribution is -2.36. The molecule has 160 valence electrons. The average molecular weight is 420 g/mol. The second-order valence-electron chi connectivity index (χ2n) is 7.54. The Kier molecular flexibility index (Phi) is 5.79. The van der Waals surface area contributed by atoms with E-state index in [1.807, 2.05) is 36.4 Å². The van der Waals surface area contributed by atoms with Crippen LogP contribution in [0.3, 0.4) is 0 Å². The smallest absolute Gasteiger partial charge is 0.407 e. The van der Waals surface area contributed by atoms with Crippen LogP contribution in [0.2, 0.25) is 0 Å². The van der Waals surface area contributed by atoms with Gasteiger partial charge in [0.2, 0.25) is 0 Å². The third-order valence-electron chi connectivity index (χ3n) is 5.56. The maximum atomic E-state index is 12.2. The van der Waals surface area contributed by atoms with Crippen molar-refractivity contribution in [3.8, 4) is 16.9 Å². The Bertz CT molecular complexity index is 1060. The lowest BCUT2D eigenvalue weighted by molar-refractivity contribution is 0.0185. The minimum Gasteiger partial charge on any atom is -0.506 e. The number of anilines is 1. The predicted molar refractivity (Wildman–Crippen MR) is 117 cm³/mol. The predicted octanol–water partition coefficient (Wildman–Crippen LogP) is 2.91. The molecule has 2 atom stereocenters. The number of carbonyl (C=O) groups excluding carboxylic acids is 1. The van der Waals surface area contributed by atoms with Crippen LogP contribution in [0.25, 0.3) is 11.1 Å². The molecule has 4 rings (SSSR count). The molecule has 0 saturated carbocycles. The van der Waals surface area contributed by atoms with Gasteiger partial charge in [-0.2, -0.15) is 0 Å². The first-order valence-corrected chi connectivity index (χ1v) is 9.99. The molecule has 7 heteroatoms. The van der Waals surface area contributed by atoms with E-state index >= 15 is 0 Å². The van der Waals surface area contributed by atoms with E-state index in [-0.39, 0.29) is 30.5 Å². The molecule has 0 bridgehead atoms. The molecule has 0 fully saturated rings. The number of hydrogen-bond acceptors (Lipinski definition) is 6. The first-order chi connectivity index (χ1) is 15.0. The number of rotatable bonds is 6. The maximum Gasteiger partial charge on any atom is 0.407 e. The lowest BCUT2D eigenvalue weighted by Gasteiger charge is -2.20. The molecule has 31 heavy (non-hydrogen) atoms. The van der Waals surface area contributed by atoms with E-state index in [1.165, 1.54) is 18.2 Å². The van der Waals surface area contributed by atoms with Crippen LogP contribution in [0.15, 0.2) is 66.7 Å². The molecular weight excluding hydrogens is 396 g/mol. The molecule has 7 nitrogen and oxygen atoms in total. The van der Waals surface area contributed by atoms with Crippen molar-refractivity contribution < 1.29 is 24.9 Å². The minimum atomic E-state index is -1.28. The van der Waals surface area contributed by atoms with Crippen molar-refractivity contribution in [1.29, 1.82) is 0 Å². The molecule has 6 N–H and O–H groups in total. The van der Waals surface area contributed by atoms with Crippen molar-refractivity contribution in [1.82, 2.24) is 5.32 Å². The van der Waals surface area contributed by atoms with Crippen LogP contribution in [0.1, 0.15) is 28.7 Å². The number of phenols is 1. The lowest BCUT2D eigenvalue weighted by atomic mass is 9.98. The van der Waals surface area contributed by atoms with Gasteiger partial charge >= 0.3 is 6.09 Å². The highest BCUT2D eigenvalue weighted by molar-refractivity contribution is 5.79. The molecule has 3 aromatic rings. The van der Waals surface area contributed by atoms with Gasteiger partial charge in [0.15, 0.2) is 0 Å². The number of aliphatic hydroxyl groups is 2. The molecule has 0 aromatic heterocycles. The normalized spacial score (nSPS) is 14.4. The fraction of sp³-hybridized carbons (Fsp3) is 0.208. The largest absolute Gasteiger partial charge is 0.506 e. The monoisotopic (exact) mass is 420 g/mol. The number of carbonyl (C=O) groups is 1. The minimum absolute atomic E-state index is 0.0614. The summed E-state index contributed by atoms with van der Waals surface area (Å²) in [7, 11) is 0. The van der Waals surface area contributed by atoms with Crippen LogP contribution in [-0.4, -0.2) is 40.7 Å². The number of aliphatic hydroxyl groups excluding tert-OH is 2. The fourth-order valence-electron chi connectivity index (χ4n) is 3.93. The quantitative estimate of drug-likeness (QED) is 0.308. The Morgan fingerprint density at radius 1 is 1.00 bits per heavy atom. The van der Waals surface area contributed by atoms with Gasteiger partial charge in [0.25, 0.3) is 0 Å². The highest BCUT2D eigenvalue weighted by Gasteiger charge is 2.29. The molecule has 3 aromatic carbocycles. The summed E-state index contributed by atoms with van der Waals surface area (Å²) >= 11 is 0. The molecule has 1 aliphatic carbocycles. The van der Waals surface area contributed by atoms with Gasteiger partial charge in [-0.15, -0.1) is 0 Å². The summed E-state index contributed by atoms with van der Waals surface area (Å²) in [6, 6.07) is 20.2. The van der Waals surface area contributed by atoms with Crippen LogP contribution in [0.4, 0.5) is 10.5 Å². The number of phenolic OH excluding ortho intramolecular Hbond substituents is 1. The van der Waals surface area contributed by atoms with E-state index in [0.29, 0.717) is 5.56 Å². The van der Waals surface area contributed by atoms with E-state index in [2.05, 4.69) is 17.4 Å². The summed E-state index contributed by atoms with van der Waals surface area (Å²) in [4.78, 5) is 12.2. The van der Waals surface area contributed by atoms with Crippen molar-refractivity contribution in [2.75, 3.05) is 18.9 Å². The summed E-state index contributed by atoms with van der Waals surface area (Å²) in [5.74, 6) is -0.171. The van der Waals surface area contributed by atoms with E-state index in [9.17, 15) is 20.1 Å². The molecule has 1 aliphatic rings. The van der Waals surface area contributed by atoms with Crippen molar-refractivity contribution in [2.45, 2.75) is 18.1 Å².